The first-order chi connectivity index (χ1) is 9.97. The predicted octanol–water partition coefficient (Wildman–Crippen LogP) is 1.01. The molecule has 0 saturated heterocycles. The molecule has 6 nitrogen and oxygen atoms in total. The van der Waals surface area contributed by atoms with E-state index in [9.17, 15) is 12.8 Å². The van der Waals surface area contributed by atoms with Crippen LogP contribution in [0, 0.1) is 5.82 Å². The van der Waals surface area contributed by atoms with Crippen LogP contribution in [-0.4, -0.2) is 24.7 Å². The molecule has 1 aliphatic rings. The van der Waals surface area contributed by atoms with Gasteiger partial charge in [0.05, 0.1) is 10.6 Å². The summed E-state index contributed by atoms with van der Waals surface area (Å²) in [6.07, 6.45) is 0.765. The maximum absolute atomic E-state index is 12.9. The van der Waals surface area contributed by atoms with Gasteiger partial charge in [0, 0.05) is 32.1 Å². The van der Waals surface area contributed by atoms with E-state index >= 15 is 0 Å². The van der Waals surface area contributed by atoms with Gasteiger partial charge in [-0.3, -0.25) is 9.40 Å². The number of hydrogen-bond donors (Lipinski definition) is 2. The number of anilines is 1. The molecule has 0 fully saturated rings. The van der Waals surface area contributed by atoms with Crippen molar-refractivity contribution in [1.82, 2.24) is 15.1 Å². The van der Waals surface area contributed by atoms with Gasteiger partial charge in [0.2, 0.25) is 0 Å². The fourth-order valence-electron chi connectivity index (χ4n) is 2.36. The summed E-state index contributed by atoms with van der Waals surface area (Å²) in [5.74, 6) is -0.0300. The van der Waals surface area contributed by atoms with Crippen LogP contribution in [-0.2, 0) is 30.0 Å². The number of benzene rings is 1. The Labute approximate surface area is 122 Å². The van der Waals surface area contributed by atoms with E-state index in [1.807, 2.05) is 0 Å². The average molecular weight is 310 g/mol. The van der Waals surface area contributed by atoms with Crippen LogP contribution in [0.2, 0.25) is 0 Å². The molecule has 112 valence electrons. The molecule has 0 radical (unpaired) electrons. The van der Waals surface area contributed by atoms with Crippen molar-refractivity contribution in [2.45, 2.75) is 17.9 Å². The van der Waals surface area contributed by atoms with Crippen molar-refractivity contribution in [1.29, 1.82) is 0 Å². The lowest BCUT2D eigenvalue weighted by Crippen LogP contribution is -2.24. The second-order valence-corrected chi connectivity index (χ2v) is 6.57. The number of rotatable bonds is 3. The van der Waals surface area contributed by atoms with E-state index in [2.05, 4.69) is 15.1 Å². The minimum Gasteiger partial charge on any atom is -0.312 e. The van der Waals surface area contributed by atoms with Gasteiger partial charge in [-0.25, -0.2) is 12.8 Å². The molecule has 0 aliphatic carbocycles. The molecule has 0 bridgehead atoms. The van der Waals surface area contributed by atoms with Gasteiger partial charge in [0.25, 0.3) is 10.0 Å². The quantitative estimate of drug-likeness (QED) is 0.887. The molecule has 8 heteroatoms. The van der Waals surface area contributed by atoms with Gasteiger partial charge >= 0.3 is 0 Å². The minimum atomic E-state index is -3.76. The monoisotopic (exact) mass is 310 g/mol. The molecule has 0 saturated carbocycles. The van der Waals surface area contributed by atoms with Crippen LogP contribution in [0.15, 0.2) is 29.2 Å². The van der Waals surface area contributed by atoms with Crippen molar-refractivity contribution in [3.05, 3.63) is 41.3 Å². The van der Waals surface area contributed by atoms with E-state index in [1.54, 1.807) is 7.05 Å². The Hall–Kier alpha value is -1.93. The fourth-order valence-corrected chi connectivity index (χ4v) is 3.48. The summed E-state index contributed by atoms with van der Waals surface area (Å²) in [6.45, 7) is 1.40. The minimum absolute atomic E-state index is 0.0163. The van der Waals surface area contributed by atoms with Crippen molar-refractivity contribution in [2.75, 3.05) is 11.3 Å². The molecule has 1 aromatic heterocycles. The molecule has 1 aliphatic heterocycles. The Morgan fingerprint density at radius 1 is 1.33 bits per heavy atom. The topological polar surface area (TPSA) is 76.0 Å². The highest BCUT2D eigenvalue weighted by Crippen LogP contribution is 2.24. The van der Waals surface area contributed by atoms with Gasteiger partial charge in [0.1, 0.15) is 11.6 Å². The highest BCUT2D eigenvalue weighted by molar-refractivity contribution is 7.92. The number of halogens is 1. The molecule has 2 N–H and O–H groups in total. The van der Waals surface area contributed by atoms with Crippen molar-refractivity contribution in [2.24, 2.45) is 7.05 Å². The summed E-state index contributed by atoms with van der Waals surface area (Å²) in [6, 6.07) is 4.71. The predicted molar refractivity (Wildman–Crippen MR) is 75.8 cm³/mol. The highest BCUT2D eigenvalue weighted by Gasteiger charge is 2.23. The Balaban J connectivity index is 1.96. The molecular weight excluding hydrogens is 295 g/mol. The molecule has 2 heterocycles. The molecule has 0 amide bonds. The summed E-state index contributed by atoms with van der Waals surface area (Å²) in [5.41, 5.74) is 1.75. The van der Waals surface area contributed by atoms with Gasteiger partial charge in [-0.2, -0.15) is 5.10 Å². The van der Waals surface area contributed by atoms with E-state index in [4.69, 9.17) is 0 Å². The lowest BCUT2D eigenvalue weighted by Gasteiger charge is -2.14. The number of aryl methyl sites for hydroxylation is 1. The van der Waals surface area contributed by atoms with Crippen molar-refractivity contribution < 1.29 is 12.8 Å². The smallest absolute Gasteiger partial charge is 0.263 e. The standard InChI is InChI=1S/C13H15FN4O2S/c1-18-13(11-8-15-7-6-12(11)16-18)17-21(19,20)10-4-2-9(14)3-5-10/h2-5,15,17H,6-8H2,1H3. The van der Waals surface area contributed by atoms with Crippen molar-refractivity contribution >= 4 is 15.8 Å². The number of nitrogens with one attached hydrogen (secondary N) is 2. The second kappa shape index (κ2) is 5.12. The molecule has 2 aromatic rings. The van der Waals surface area contributed by atoms with Crippen LogP contribution in [0.3, 0.4) is 0 Å². The normalized spacial score (nSPS) is 14.8. The zero-order valence-electron chi connectivity index (χ0n) is 11.4. The highest BCUT2D eigenvalue weighted by atomic mass is 32.2. The number of fused-ring (bicyclic) bond motifs is 1. The van der Waals surface area contributed by atoms with E-state index < -0.39 is 15.8 Å². The molecule has 21 heavy (non-hydrogen) atoms. The lowest BCUT2D eigenvalue weighted by atomic mass is 10.1. The van der Waals surface area contributed by atoms with Crippen molar-refractivity contribution in [3.63, 3.8) is 0 Å². The largest absolute Gasteiger partial charge is 0.312 e. The third kappa shape index (κ3) is 2.64. The maximum Gasteiger partial charge on any atom is 0.263 e. The number of hydrogen-bond acceptors (Lipinski definition) is 4. The van der Waals surface area contributed by atoms with Crippen LogP contribution in [0.5, 0.6) is 0 Å². The zero-order chi connectivity index (χ0) is 15.0. The van der Waals surface area contributed by atoms with Gasteiger partial charge in [-0.05, 0) is 24.3 Å². The van der Waals surface area contributed by atoms with Crippen LogP contribution in [0.4, 0.5) is 10.2 Å². The van der Waals surface area contributed by atoms with Gasteiger partial charge in [0.15, 0.2) is 0 Å². The first-order valence-electron chi connectivity index (χ1n) is 6.51. The van der Waals surface area contributed by atoms with Crippen LogP contribution in [0.25, 0.3) is 0 Å². The number of aromatic nitrogens is 2. The third-order valence-electron chi connectivity index (χ3n) is 3.42. The maximum atomic E-state index is 12.9. The van der Waals surface area contributed by atoms with E-state index in [1.165, 1.54) is 16.8 Å². The van der Waals surface area contributed by atoms with Gasteiger partial charge < -0.3 is 5.32 Å². The van der Waals surface area contributed by atoms with Crippen molar-refractivity contribution in [3.8, 4) is 0 Å². The number of sulfonamides is 1. The zero-order valence-corrected chi connectivity index (χ0v) is 12.2. The summed E-state index contributed by atoms with van der Waals surface area (Å²) in [5, 5.41) is 7.52. The second-order valence-electron chi connectivity index (χ2n) is 4.88. The molecule has 0 atom stereocenters. The van der Waals surface area contributed by atoms with Crippen LogP contribution >= 0.6 is 0 Å². The van der Waals surface area contributed by atoms with Crippen LogP contribution < -0.4 is 10.0 Å². The SMILES string of the molecule is Cn1nc2c(c1NS(=O)(=O)c1ccc(F)cc1)CNCC2. The Kier molecular flexibility index (Phi) is 3.42. The Morgan fingerprint density at radius 2 is 2.05 bits per heavy atom. The summed E-state index contributed by atoms with van der Waals surface area (Å²) >= 11 is 0. The van der Waals surface area contributed by atoms with Crippen LogP contribution in [0.1, 0.15) is 11.3 Å². The first kappa shape index (κ1) is 14.0. The molecule has 3 rings (SSSR count). The molecule has 0 unspecified atom stereocenters. The Morgan fingerprint density at radius 3 is 2.76 bits per heavy atom. The molecular formula is C13H15FN4O2S. The average Bonchev–Trinajstić information content (AvgIpc) is 2.75. The van der Waals surface area contributed by atoms with Gasteiger partial charge in [-0.15, -0.1) is 0 Å². The lowest BCUT2D eigenvalue weighted by molar-refractivity contribution is 0.598. The molecule has 1 aromatic carbocycles. The first-order valence-corrected chi connectivity index (χ1v) is 7.99. The molecule has 0 spiro atoms. The number of nitrogens with zero attached hydrogens (tertiary/aromatic N) is 2. The Bertz CT molecular complexity index is 768. The summed E-state index contributed by atoms with van der Waals surface area (Å²) < 4.78 is 41.7. The van der Waals surface area contributed by atoms with E-state index in [0.717, 1.165) is 36.4 Å². The fraction of sp³-hybridized carbons (Fsp3) is 0.308. The summed E-state index contributed by atoms with van der Waals surface area (Å²) in [4.78, 5) is 0.0163. The van der Waals surface area contributed by atoms with E-state index in [0.29, 0.717) is 12.4 Å². The van der Waals surface area contributed by atoms with Gasteiger partial charge in [-0.1, -0.05) is 0 Å². The van der Waals surface area contributed by atoms with E-state index in [-0.39, 0.29) is 4.90 Å². The summed E-state index contributed by atoms with van der Waals surface area (Å²) in [7, 11) is -2.07. The third-order valence-corrected chi connectivity index (χ3v) is 4.78.